The minimum absolute atomic E-state index is 0. The predicted octanol–water partition coefficient (Wildman–Crippen LogP) is -0.959. The van der Waals surface area contributed by atoms with Gasteiger partial charge in [0.2, 0.25) is 0 Å². The molecule has 1 aromatic carbocycles. The Morgan fingerprint density at radius 3 is 2.84 bits per heavy atom. The van der Waals surface area contributed by atoms with E-state index in [-0.39, 0.29) is 24.8 Å². The molecule has 0 saturated heterocycles. The molecule has 1 atom stereocenters. The van der Waals surface area contributed by atoms with E-state index >= 15 is 0 Å². The van der Waals surface area contributed by atoms with Gasteiger partial charge >= 0.3 is 149 Å². The van der Waals surface area contributed by atoms with Gasteiger partial charge in [0.25, 0.3) is 0 Å². The smallest absolute Gasteiger partial charge is 1.00 e. The summed E-state index contributed by atoms with van der Waals surface area (Å²) in [7, 11) is 0. The second kappa shape index (κ2) is 9.17. The van der Waals surface area contributed by atoms with E-state index in [0.717, 1.165) is 0 Å². The third-order valence-electron chi connectivity index (χ3n) is 4.58. The van der Waals surface area contributed by atoms with Crippen LogP contribution in [-0.2, 0) is 23.2 Å². The van der Waals surface area contributed by atoms with Gasteiger partial charge in [0.05, 0.1) is 0 Å². The van der Waals surface area contributed by atoms with Crippen LogP contribution in [-0.4, -0.2) is 9.55 Å². The third kappa shape index (κ3) is 4.10. The first-order chi connectivity index (χ1) is 11.4. The minimum atomic E-state index is -0.717. The summed E-state index contributed by atoms with van der Waals surface area (Å²) in [5.74, 6) is 0. The Labute approximate surface area is 173 Å². The van der Waals surface area contributed by atoms with Crippen molar-refractivity contribution in [2.45, 2.75) is 29.8 Å². The number of fused-ring (bicyclic) bond motifs is 1. The van der Waals surface area contributed by atoms with Crippen molar-refractivity contribution in [2.75, 3.05) is 0 Å². The zero-order valence-corrected chi connectivity index (χ0v) is 18.1. The summed E-state index contributed by atoms with van der Waals surface area (Å²) in [6.07, 6.45) is 16.7. The van der Waals surface area contributed by atoms with Gasteiger partial charge in [-0.05, 0) is 0 Å². The summed E-state index contributed by atoms with van der Waals surface area (Å²) in [4.78, 5) is 4.26. The fraction of sp³-hybridized carbons (Fsp3) is 0.250. The van der Waals surface area contributed by atoms with Gasteiger partial charge in [-0.1, -0.05) is 0 Å². The van der Waals surface area contributed by atoms with Crippen molar-refractivity contribution in [1.82, 2.24) is 9.55 Å². The summed E-state index contributed by atoms with van der Waals surface area (Å²) < 4.78 is 4.60. The van der Waals surface area contributed by atoms with Crippen molar-refractivity contribution in [2.24, 2.45) is 0 Å². The molecule has 2 aliphatic rings. The average molecular weight is 451 g/mol. The minimum Gasteiger partial charge on any atom is -1.00 e. The third-order valence-corrected chi connectivity index (χ3v) is 8.92. The molecule has 1 unspecified atom stereocenters. The van der Waals surface area contributed by atoms with Crippen molar-refractivity contribution in [1.29, 1.82) is 0 Å². The molecule has 0 N–H and O–H groups in total. The van der Waals surface area contributed by atoms with E-state index in [1.165, 1.54) is 36.1 Å². The maximum absolute atomic E-state index is 4.26. The van der Waals surface area contributed by atoms with Gasteiger partial charge in [-0.25, -0.2) is 0 Å². The molecule has 0 radical (unpaired) electrons. The first-order valence-electron chi connectivity index (χ1n) is 8.30. The quantitative estimate of drug-likeness (QED) is 0.574. The molecule has 4 rings (SSSR count). The molecule has 0 bridgehead atoms. The molecular formula is C20H20Cl2N2Zr. The molecule has 2 aliphatic carbocycles. The van der Waals surface area contributed by atoms with Crippen LogP contribution < -0.4 is 24.8 Å². The van der Waals surface area contributed by atoms with Crippen LogP contribution in [0.25, 0.3) is 11.8 Å². The van der Waals surface area contributed by atoms with Gasteiger partial charge in [0, 0.05) is 0 Å². The SMILES string of the molecule is CCCC1=[C]([Zr+2][CH]2C(n3ccnc3)=Cc3ccccc32)CC=C1.[Cl-].[Cl-]. The van der Waals surface area contributed by atoms with Crippen LogP contribution in [0.2, 0.25) is 0 Å². The second-order valence-corrected chi connectivity index (χ2v) is 9.72. The summed E-state index contributed by atoms with van der Waals surface area (Å²) >= 11 is -0.717. The molecule has 128 valence electrons. The van der Waals surface area contributed by atoms with Crippen LogP contribution in [0.1, 0.15) is 40.9 Å². The summed E-state index contributed by atoms with van der Waals surface area (Å²) in [5, 5.41) is 0. The van der Waals surface area contributed by atoms with Crippen molar-refractivity contribution >= 4 is 11.8 Å². The molecule has 1 heterocycles. The molecule has 1 aromatic heterocycles. The van der Waals surface area contributed by atoms with E-state index < -0.39 is 23.2 Å². The first kappa shape index (κ1) is 20.4. The van der Waals surface area contributed by atoms with Gasteiger partial charge in [-0.3, -0.25) is 0 Å². The van der Waals surface area contributed by atoms with Crippen molar-refractivity contribution in [3.63, 3.8) is 0 Å². The maximum Gasteiger partial charge on any atom is -1.00 e. The van der Waals surface area contributed by atoms with E-state index in [1.807, 2.05) is 12.5 Å². The van der Waals surface area contributed by atoms with Gasteiger partial charge in [-0.15, -0.1) is 0 Å². The maximum atomic E-state index is 4.26. The molecule has 0 aliphatic heterocycles. The number of hydrogen-bond donors (Lipinski definition) is 0. The number of benzene rings is 1. The largest absolute Gasteiger partial charge is 1.00 e. The first-order valence-corrected chi connectivity index (χ1v) is 11.0. The van der Waals surface area contributed by atoms with Crippen LogP contribution in [0, 0.1) is 0 Å². The van der Waals surface area contributed by atoms with E-state index in [2.05, 4.69) is 65.2 Å². The van der Waals surface area contributed by atoms with E-state index in [9.17, 15) is 0 Å². The predicted molar refractivity (Wildman–Crippen MR) is 91.3 cm³/mol. The number of allylic oxidation sites excluding steroid dienone is 5. The Kier molecular flexibility index (Phi) is 7.49. The Bertz CT molecular complexity index is 807. The van der Waals surface area contributed by atoms with Crippen LogP contribution in [0.5, 0.6) is 0 Å². The average Bonchev–Trinajstić information content (AvgIpc) is 3.29. The molecule has 5 heteroatoms. The van der Waals surface area contributed by atoms with E-state index in [0.29, 0.717) is 3.63 Å². The van der Waals surface area contributed by atoms with Gasteiger partial charge in [0.15, 0.2) is 0 Å². The molecule has 25 heavy (non-hydrogen) atoms. The topological polar surface area (TPSA) is 17.8 Å². The number of aromatic nitrogens is 2. The Morgan fingerprint density at radius 1 is 1.24 bits per heavy atom. The van der Waals surface area contributed by atoms with Crippen molar-refractivity contribution in [3.05, 3.63) is 75.1 Å². The molecule has 2 aromatic rings. The normalized spacial score (nSPS) is 17.5. The molecule has 0 spiro atoms. The standard InChI is InChI=1S/C12H9N2.C8H11.2ClH.Zr/c1-2-4-11-8-12(7-10(11)3-1)14-6-5-13-9-14;1-2-5-8-6-3-4-7-8;;;/h1-9H;3,6H,2,4-5H2,1H3;2*1H;/q;;;;+2/p-2. The monoisotopic (exact) mass is 448 g/mol. The van der Waals surface area contributed by atoms with Crippen LogP contribution >= 0.6 is 0 Å². The Morgan fingerprint density at radius 2 is 2.08 bits per heavy atom. The zero-order chi connectivity index (χ0) is 15.6. The summed E-state index contributed by atoms with van der Waals surface area (Å²) in [5.41, 5.74) is 5.97. The van der Waals surface area contributed by atoms with Crippen LogP contribution in [0.3, 0.4) is 0 Å². The van der Waals surface area contributed by atoms with Gasteiger partial charge < -0.3 is 24.8 Å². The number of rotatable bonds is 5. The second-order valence-electron chi connectivity index (χ2n) is 6.11. The molecule has 0 fully saturated rings. The van der Waals surface area contributed by atoms with Crippen molar-refractivity contribution in [3.8, 4) is 0 Å². The summed E-state index contributed by atoms with van der Waals surface area (Å²) in [6.45, 7) is 2.28. The van der Waals surface area contributed by atoms with Crippen molar-refractivity contribution < 1.29 is 48.0 Å². The van der Waals surface area contributed by atoms with E-state index in [4.69, 9.17) is 0 Å². The number of hydrogen-bond acceptors (Lipinski definition) is 1. The number of imidazole rings is 1. The van der Waals surface area contributed by atoms with Gasteiger partial charge in [-0.2, -0.15) is 0 Å². The van der Waals surface area contributed by atoms with Gasteiger partial charge in [0.1, 0.15) is 0 Å². The fourth-order valence-corrected chi connectivity index (χ4v) is 7.84. The Hall–Kier alpha value is -0.887. The van der Waals surface area contributed by atoms with Crippen LogP contribution in [0.4, 0.5) is 0 Å². The fourth-order valence-electron chi connectivity index (χ4n) is 3.47. The Balaban J connectivity index is 0.00000113. The zero-order valence-electron chi connectivity index (χ0n) is 14.1. The molecular weight excluding hydrogens is 430 g/mol. The van der Waals surface area contributed by atoms with E-state index in [1.54, 1.807) is 8.85 Å². The number of halogens is 2. The molecule has 0 amide bonds. The summed E-state index contributed by atoms with van der Waals surface area (Å²) in [6, 6.07) is 8.90. The molecule has 0 saturated carbocycles. The number of nitrogens with zero attached hydrogens (tertiary/aromatic N) is 2. The van der Waals surface area contributed by atoms with Crippen LogP contribution in [0.15, 0.2) is 64.0 Å². The molecule has 2 nitrogen and oxygen atoms in total.